The van der Waals surface area contributed by atoms with Gasteiger partial charge in [0.2, 0.25) is 5.91 Å². The van der Waals surface area contributed by atoms with Crippen LogP contribution in [0, 0.1) is 0 Å². The summed E-state index contributed by atoms with van der Waals surface area (Å²) in [5, 5.41) is 5.20. The van der Waals surface area contributed by atoms with Gasteiger partial charge in [0.15, 0.2) is 0 Å². The molecule has 1 unspecified atom stereocenters. The number of hydrogen-bond acceptors (Lipinski definition) is 4. The third kappa shape index (κ3) is 4.32. The molecule has 0 saturated carbocycles. The highest BCUT2D eigenvalue weighted by Crippen LogP contribution is 2.29. The van der Waals surface area contributed by atoms with Gasteiger partial charge in [-0.05, 0) is 30.4 Å². The fourth-order valence-corrected chi connectivity index (χ4v) is 3.70. The Morgan fingerprint density at radius 3 is 2.85 bits per heavy atom. The predicted molar refractivity (Wildman–Crippen MR) is 103 cm³/mol. The average molecular weight is 369 g/mol. The molecule has 3 rings (SSSR count). The van der Waals surface area contributed by atoms with Gasteiger partial charge in [-0.3, -0.25) is 4.79 Å². The van der Waals surface area contributed by atoms with Crippen LogP contribution in [0.15, 0.2) is 54.2 Å². The molecule has 136 valence electrons. The Hall–Kier alpha value is -2.60. The number of aromatic nitrogens is 2. The summed E-state index contributed by atoms with van der Waals surface area (Å²) in [5.41, 5.74) is 0.899. The zero-order valence-electron chi connectivity index (χ0n) is 15.0. The van der Waals surface area contributed by atoms with Crippen LogP contribution >= 0.6 is 11.3 Å². The second kappa shape index (κ2) is 8.67. The first-order valence-corrected chi connectivity index (χ1v) is 9.49. The van der Waals surface area contributed by atoms with Crippen LogP contribution in [0.5, 0.6) is 5.75 Å². The van der Waals surface area contributed by atoms with E-state index in [0.29, 0.717) is 6.42 Å². The maximum absolute atomic E-state index is 12.6. The SMILES string of the molecule is COc1ccccc1C(NC(=O)CCCc1cccs1)c1nccn1C. The quantitative estimate of drug-likeness (QED) is 0.658. The molecule has 1 N–H and O–H groups in total. The molecule has 0 aliphatic heterocycles. The van der Waals surface area contributed by atoms with Crippen LogP contribution in [-0.2, 0) is 18.3 Å². The normalized spacial score (nSPS) is 11.9. The van der Waals surface area contributed by atoms with Gasteiger partial charge < -0.3 is 14.6 Å². The Morgan fingerprint density at radius 2 is 2.15 bits per heavy atom. The van der Waals surface area contributed by atoms with Gasteiger partial charge in [0.25, 0.3) is 0 Å². The molecule has 0 saturated heterocycles. The van der Waals surface area contributed by atoms with Crippen molar-refractivity contribution in [3.8, 4) is 5.75 Å². The third-order valence-electron chi connectivity index (χ3n) is 4.28. The summed E-state index contributed by atoms with van der Waals surface area (Å²) in [7, 11) is 3.56. The Labute approximate surface area is 157 Å². The van der Waals surface area contributed by atoms with Crippen LogP contribution in [0.25, 0.3) is 0 Å². The molecule has 1 amide bonds. The summed E-state index contributed by atoms with van der Waals surface area (Å²) >= 11 is 1.73. The predicted octanol–water partition coefficient (Wildman–Crippen LogP) is 3.72. The minimum atomic E-state index is -0.347. The monoisotopic (exact) mass is 369 g/mol. The highest BCUT2D eigenvalue weighted by atomic mass is 32.1. The molecule has 26 heavy (non-hydrogen) atoms. The highest BCUT2D eigenvalue weighted by Gasteiger charge is 2.23. The number of hydrogen-bond donors (Lipinski definition) is 1. The van der Waals surface area contributed by atoms with Crippen molar-refractivity contribution >= 4 is 17.2 Å². The minimum absolute atomic E-state index is 0.0143. The lowest BCUT2D eigenvalue weighted by atomic mass is 10.0. The fourth-order valence-electron chi connectivity index (χ4n) is 2.95. The molecule has 0 aliphatic carbocycles. The molecule has 0 spiro atoms. The number of ether oxygens (including phenoxy) is 1. The summed E-state index contributed by atoms with van der Waals surface area (Å²) in [4.78, 5) is 18.3. The van der Waals surface area contributed by atoms with Gasteiger partial charge >= 0.3 is 0 Å². The van der Waals surface area contributed by atoms with Crippen molar-refractivity contribution in [3.05, 3.63) is 70.4 Å². The number of rotatable bonds is 8. The zero-order chi connectivity index (χ0) is 18.4. The number of para-hydroxylation sites is 1. The van der Waals surface area contributed by atoms with E-state index < -0.39 is 0 Å². The number of nitrogens with one attached hydrogen (secondary N) is 1. The van der Waals surface area contributed by atoms with Crippen LogP contribution in [0.1, 0.15) is 35.1 Å². The van der Waals surface area contributed by atoms with Crippen molar-refractivity contribution in [1.82, 2.24) is 14.9 Å². The first-order chi connectivity index (χ1) is 12.7. The van der Waals surface area contributed by atoms with E-state index in [-0.39, 0.29) is 11.9 Å². The van der Waals surface area contributed by atoms with Crippen LogP contribution in [0.2, 0.25) is 0 Å². The standard InChI is InChI=1S/C20H23N3O2S/c1-23-13-12-21-20(23)19(16-9-3-4-10-17(16)25-2)22-18(24)11-5-7-15-8-6-14-26-15/h3-4,6,8-10,12-14,19H,5,7,11H2,1-2H3,(H,22,24). The van der Waals surface area contributed by atoms with Gasteiger partial charge in [-0.15, -0.1) is 11.3 Å². The van der Waals surface area contributed by atoms with E-state index in [1.165, 1.54) is 4.88 Å². The van der Waals surface area contributed by atoms with Gasteiger partial charge in [-0.25, -0.2) is 4.98 Å². The van der Waals surface area contributed by atoms with Crippen LogP contribution in [0.4, 0.5) is 0 Å². The summed E-state index contributed by atoms with van der Waals surface area (Å²) < 4.78 is 7.41. The molecule has 0 fully saturated rings. The number of thiophene rings is 1. The molecular formula is C20H23N3O2S. The molecule has 2 heterocycles. The molecular weight excluding hydrogens is 346 g/mol. The van der Waals surface area contributed by atoms with E-state index in [4.69, 9.17) is 4.74 Å². The first-order valence-electron chi connectivity index (χ1n) is 8.61. The Morgan fingerprint density at radius 1 is 1.31 bits per heavy atom. The van der Waals surface area contributed by atoms with E-state index in [9.17, 15) is 4.79 Å². The maximum atomic E-state index is 12.6. The van der Waals surface area contributed by atoms with E-state index in [1.807, 2.05) is 48.1 Å². The van der Waals surface area contributed by atoms with Crippen molar-refractivity contribution in [2.75, 3.05) is 7.11 Å². The topological polar surface area (TPSA) is 56.1 Å². The van der Waals surface area contributed by atoms with E-state index in [0.717, 1.165) is 30.0 Å². The third-order valence-corrected chi connectivity index (χ3v) is 5.22. The van der Waals surface area contributed by atoms with Crippen LogP contribution < -0.4 is 10.1 Å². The molecule has 5 nitrogen and oxygen atoms in total. The lowest BCUT2D eigenvalue weighted by Gasteiger charge is -2.21. The Kier molecular flexibility index (Phi) is 6.07. The van der Waals surface area contributed by atoms with Crippen molar-refractivity contribution in [3.63, 3.8) is 0 Å². The Balaban J connectivity index is 1.74. The molecule has 1 aromatic carbocycles. The summed E-state index contributed by atoms with van der Waals surface area (Å²) in [6.45, 7) is 0. The number of carbonyl (C=O) groups excluding carboxylic acids is 1. The minimum Gasteiger partial charge on any atom is -0.496 e. The number of nitrogens with zero attached hydrogens (tertiary/aromatic N) is 2. The number of imidazole rings is 1. The van der Waals surface area contributed by atoms with Gasteiger partial charge in [0.05, 0.1) is 7.11 Å². The number of benzene rings is 1. The molecule has 0 radical (unpaired) electrons. The van der Waals surface area contributed by atoms with E-state index in [1.54, 1.807) is 24.6 Å². The first kappa shape index (κ1) is 18.2. The van der Waals surface area contributed by atoms with E-state index in [2.05, 4.69) is 21.7 Å². The molecule has 0 aliphatic rings. The second-order valence-electron chi connectivity index (χ2n) is 6.07. The fraction of sp³-hybridized carbons (Fsp3) is 0.300. The van der Waals surface area contributed by atoms with E-state index >= 15 is 0 Å². The second-order valence-corrected chi connectivity index (χ2v) is 7.10. The summed E-state index contributed by atoms with van der Waals surface area (Å²) in [5.74, 6) is 1.53. The average Bonchev–Trinajstić information content (AvgIpc) is 3.31. The van der Waals surface area contributed by atoms with Gasteiger partial charge in [0.1, 0.15) is 17.6 Å². The summed E-state index contributed by atoms with van der Waals surface area (Å²) in [6.07, 6.45) is 5.84. The zero-order valence-corrected chi connectivity index (χ0v) is 15.8. The number of amides is 1. The largest absolute Gasteiger partial charge is 0.496 e. The molecule has 1 atom stereocenters. The van der Waals surface area contributed by atoms with Crippen molar-refractivity contribution in [2.24, 2.45) is 7.05 Å². The van der Waals surface area contributed by atoms with Crippen molar-refractivity contribution in [2.45, 2.75) is 25.3 Å². The van der Waals surface area contributed by atoms with Crippen LogP contribution in [0.3, 0.4) is 0 Å². The molecule has 0 bridgehead atoms. The summed E-state index contributed by atoms with van der Waals surface area (Å²) in [6, 6.07) is 11.5. The number of methoxy groups -OCH3 is 1. The van der Waals surface area contributed by atoms with Crippen LogP contribution in [-0.4, -0.2) is 22.6 Å². The molecule has 3 aromatic rings. The number of carbonyl (C=O) groups is 1. The Bertz CT molecular complexity index is 842. The highest BCUT2D eigenvalue weighted by molar-refractivity contribution is 7.09. The van der Waals surface area contributed by atoms with Gasteiger partial charge in [-0.1, -0.05) is 24.3 Å². The lowest BCUT2D eigenvalue weighted by molar-refractivity contribution is -0.121. The number of aryl methyl sites for hydroxylation is 2. The smallest absolute Gasteiger partial charge is 0.220 e. The van der Waals surface area contributed by atoms with Gasteiger partial charge in [0, 0.05) is 36.3 Å². The lowest BCUT2D eigenvalue weighted by Crippen LogP contribution is -2.31. The maximum Gasteiger partial charge on any atom is 0.220 e. The molecule has 2 aromatic heterocycles. The van der Waals surface area contributed by atoms with Gasteiger partial charge in [-0.2, -0.15) is 0 Å². The van der Waals surface area contributed by atoms with Crippen molar-refractivity contribution < 1.29 is 9.53 Å². The molecule has 6 heteroatoms. The van der Waals surface area contributed by atoms with Crippen molar-refractivity contribution in [1.29, 1.82) is 0 Å².